The summed E-state index contributed by atoms with van der Waals surface area (Å²) in [5, 5.41) is 0. The molecular weight excluding hydrogens is 290 g/mol. The van der Waals surface area contributed by atoms with Crippen LogP contribution in [0.5, 0.6) is 11.5 Å². The van der Waals surface area contributed by atoms with Crippen LogP contribution >= 0.6 is 0 Å². The molecule has 3 aliphatic rings. The van der Waals surface area contributed by atoms with Crippen LogP contribution in [0.1, 0.15) is 29.5 Å². The summed E-state index contributed by atoms with van der Waals surface area (Å²) in [5.41, 5.74) is 3.30. The first-order valence-electron chi connectivity index (χ1n) is 7.44. The van der Waals surface area contributed by atoms with Crippen molar-refractivity contribution in [1.82, 2.24) is 4.31 Å². The van der Waals surface area contributed by atoms with Crippen molar-refractivity contribution >= 4 is 10.0 Å². The Kier molecular flexibility index (Phi) is 2.94. The first-order chi connectivity index (χ1) is 10.0. The molecule has 1 saturated carbocycles. The first-order valence-corrected chi connectivity index (χ1v) is 9.29. The van der Waals surface area contributed by atoms with E-state index >= 15 is 0 Å². The second-order valence-electron chi connectivity index (χ2n) is 6.06. The third-order valence-electron chi connectivity index (χ3n) is 4.45. The molecule has 4 rings (SSSR count). The third-order valence-corrected chi connectivity index (χ3v) is 5.73. The Labute approximate surface area is 124 Å². The predicted molar refractivity (Wildman–Crippen MR) is 78.2 cm³/mol. The number of hydrogen-bond acceptors (Lipinski definition) is 4. The second-order valence-corrected chi connectivity index (χ2v) is 7.99. The molecule has 6 heteroatoms. The molecule has 0 saturated heterocycles. The fraction of sp³-hybridized carbons (Fsp3) is 0.600. The fourth-order valence-corrected chi connectivity index (χ4v) is 4.40. The Bertz CT molecular complexity index is 662. The van der Waals surface area contributed by atoms with E-state index in [2.05, 4.69) is 6.07 Å². The molecule has 21 heavy (non-hydrogen) atoms. The smallest absolute Gasteiger partial charge is 0.211 e. The number of benzene rings is 1. The Balaban J connectivity index is 1.78. The van der Waals surface area contributed by atoms with Gasteiger partial charge in [-0.2, -0.15) is 4.31 Å². The Morgan fingerprint density at radius 3 is 2.71 bits per heavy atom. The maximum absolute atomic E-state index is 12.1. The molecule has 0 radical (unpaired) electrons. The van der Waals surface area contributed by atoms with Crippen LogP contribution in [0.25, 0.3) is 0 Å². The van der Waals surface area contributed by atoms with Crippen LogP contribution in [-0.4, -0.2) is 38.2 Å². The zero-order valence-corrected chi connectivity index (χ0v) is 12.9. The first kappa shape index (κ1) is 13.4. The van der Waals surface area contributed by atoms with Gasteiger partial charge in [-0.05, 0) is 18.9 Å². The molecule has 0 amide bonds. The topological polar surface area (TPSA) is 55.8 Å². The molecule has 0 atom stereocenters. The van der Waals surface area contributed by atoms with Crippen molar-refractivity contribution in [3.05, 3.63) is 22.8 Å². The molecule has 0 bridgehead atoms. The molecule has 1 aromatic rings. The van der Waals surface area contributed by atoms with Crippen LogP contribution in [0.4, 0.5) is 0 Å². The molecule has 5 nitrogen and oxygen atoms in total. The van der Waals surface area contributed by atoms with Crippen LogP contribution in [0.2, 0.25) is 0 Å². The van der Waals surface area contributed by atoms with E-state index in [1.165, 1.54) is 6.26 Å². The lowest BCUT2D eigenvalue weighted by molar-refractivity contribution is 0.342. The summed E-state index contributed by atoms with van der Waals surface area (Å²) in [6, 6.07) is 2.23. The Morgan fingerprint density at radius 2 is 2.00 bits per heavy atom. The van der Waals surface area contributed by atoms with Gasteiger partial charge in [-0.3, -0.25) is 0 Å². The highest BCUT2D eigenvalue weighted by molar-refractivity contribution is 7.88. The van der Waals surface area contributed by atoms with Crippen LogP contribution in [0, 0.1) is 0 Å². The van der Waals surface area contributed by atoms with Gasteiger partial charge < -0.3 is 9.47 Å². The monoisotopic (exact) mass is 309 g/mol. The fourth-order valence-electron chi connectivity index (χ4n) is 3.29. The molecule has 1 aromatic carbocycles. The van der Waals surface area contributed by atoms with Crippen LogP contribution in [0.3, 0.4) is 0 Å². The molecular formula is C15H19NO4S. The van der Waals surface area contributed by atoms with Gasteiger partial charge in [0.2, 0.25) is 10.0 Å². The summed E-state index contributed by atoms with van der Waals surface area (Å²) in [5.74, 6) is 1.81. The number of sulfonamides is 1. The van der Waals surface area contributed by atoms with Gasteiger partial charge in [0.15, 0.2) is 0 Å². The molecule has 2 aliphatic heterocycles. The van der Waals surface area contributed by atoms with Crippen molar-refractivity contribution < 1.29 is 17.9 Å². The number of rotatable bonds is 4. The standard InChI is InChI=1S/C15H19NO4S/c1-21(17,18)16(11-2-3-11)9-13-12-5-7-19-14(12)8-10-4-6-20-15(10)13/h8,11H,2-7,9H2,1H3. The average Bonchev–Trinajstić information content (AvgIpc) is 2.95. The number of fused-ring (bicyclic) bond motifs is 2. The summed E-state index contributed by atoms with van der Waals surface area (Å²) in [7, 11) is -3.20. The highest BCUT2D eigenvalue weighted by atomic mass is 32.2. The van der Waals surface area contributed by atoms with E-state index in [4.69, 9.17) is 9.47 Å². The molecule has 2 heterocycles. The lowest BCUT2D eigenvalue weighted by Gasteiger charge is -2.22. The van der Waals surface area contributed by atoms with Gasteiger partial charge in [0, 0.05) is 42.1 Å². The minimum atomic E-state index is -3.20. The largest absolute Gasteiger partial charge is 0.493 e. The summed E-state index contributed by atoms with van der Waals surface area (Å²) >= 11 is 0. The lowest BCUT2D eigenvalue weighted by Crippen LogP contribution is -2.32. The van der Waals surface area contributed by atoms with Crippen LogP contribution in [-0.2, 0) is 29.4 Å². The molecule has 1 fully saturated rings. The summed E-state index contributed by atoms with van der Waals surface area (Å²) < 4.78 is 37.2. The van der Waals surface area contributed by atoms with Crippen molar-refractivity contribution in [2.24, 2.45) is 0 Å². The normalized spacial score (nSPS) is 20.1. The summed E-state index contributed by atoms with van der Waals surface area (Å²) in [6.45, 7) is 1.76. The van der Waals surface area contributed by atoms with Crippen LogP contribution < -0.4 is 9.47 Å². The van der Waals surface area contributed by atoms with Gasteiger partial charge in [0.25, 0.3) is 0 Å². The van der Waals surface area contributed by atoms with Crippen molar-refractivity contribution in [1.29, 1.82) is 0 Å². The third kappa shape index (κ3) is 2.30. The van der Waals surface area contributed by atoms with Gasteiger partial charge in [-0.25, -0.2) is 8.42 Å². The SMILES string of the molecule is CS(=O)(=O)N(Cc1c2c(cc3c1OCC3)OCC2)C1CC1. The number of hydrogen-bond donors (Lipinski definition) is 0. The van der Waals surface area contributed by atoms with E-state index in [9.17, 15) is 8.42 Å². The van der Waals surface area contributed by atoms with Gasteiger partial charge in [-0.15, -0.1) is 0 Å². The second kappa shape index (κ2) is 4.61. The number of nitrogens with zero attached hydrogens (tertiary/aromatic N) is 1. The van der Waals surface area contributed by atoms with Crippen LogP contribution in [0.15, 0.2) is 6.07 Å². The maximum atomic E-state index is 12.1. The summed E-state index contributed by atoms with van der Waals surface area (Å²) in [4.78, 5) is 0. The van der Waals surface area contributed by atoms with E-state index in [-0.39, 0.29) is 6.04 Å². The van der Waals surface area contributed by atoms with Crippen molar-refractivity contribution in [2.45, 2.75) is 38.3 Å². The average molecular weight is 309 g/mol. The maximum Gasteiger partial charge on any atom is 0.211 e. The Morgan fingerprint density at radius 1 is 1.24 bits per heavy atom. The van der Waals surface area contributed by atoms with E-state index < -0.39 is 10.0 Å². The van der Waals surface area contributed by atoms with E-state index in [0.29, 0.717) is 19.8 Å². The van der Waals surface area contributed by atoms with E-state index in [1.807, 2.05) is 0 Å². The van der Waals surface area contributed by atoms with Crippen molar-refractivity contribution in [3.8, 4) is 11.5 Å². The zero-order chi connectivity index (χ0) is 14.6. The number of ether oxygens (including phenoxy) is 2. The minimum absolute atomic E-state index is 0.162. The van der Waals surface area contributed by atoms with Gasteiger partial charge in [0.1, 0.15) is 11.5 Å². The van der Waals surface area contributed by atoms with Gasteiger partial charge in [-0.1, -0.05) is 0 Å². The lowest BCUT2D eigenvalue weighted by atomic mass is 9.99. The molecule has 0 unspecified atom stereocenters. The van der Waals surface area contributed by atoms with E-state index in [1.54, 1.807) is 4.31 Å². The zero-order valence-electron chi connectivity index (χ0n) is 12.1. The summed E-state index contributed by atoms with van der Waals surface area (Å²) in [6.07, 6.45) is 4.93. The highest BCUT2D eigenvalue weighted by Gasteiger charge is 2.37. The van der Waals surface area contributed by atoms with Gasteiger partial charge >= 0.3 is 0 Å². The highest BCUT2D eigenvalue weighted by Crippen LogP contribution is 2.42. The molecule has 114 valence electrons. The molecule has 1 aliphatic carbocycles. The minimum Gasteiger partial charge on any atom is -0.493 e. The molecule has 0 aromatic heterocycles. The van der Waals surface area contributed by atoms with Crippen molar-refractivity contribution in [2.75, 3.05) is 19.5 Å². The molecule has 0 spiro atoms. The van der Waals surface area contributed by atoms with Crippen molar-refractivity contribution in [3.63, 3.8) is 0 Å². The van der Waals surface area contributed by atoms with E-state index in [0.717, 1.165) is 53.9 Å². The quantitative estimate of drug-likeness (QED) is 0.845. The Hall–Kier alpha value is -1.27. The predicted octanol–water partition coefficient (Wildman–Crippen LogP) is 1.48. The molecule has 0 N–H and O–H groups in total. The van der Waals surface area contributed by atoms with Gasteiger partial charge in [0.05, 0.1) is 19.5 Å².